The van der Waals surface area contributed by atoms with Gasteiger partial charge in [-0.15, -0.1) is 0 Å². The van der Waals surface area contributed by atoms with Gasteiger partial charge in [0.15, 0.2) is 0 Å². The lowest BCUT2D eigenvalue weighted by Crippen LogP contribution is -2.46. The highest BCUT2D eigenvalue weighted by Crippen LogP contribution is 2.28. The standard InChI is InChI=1S/C15H21N3O/c1-9-6-12(7-10(2)17-9)19-15-5-4-14-13(11(15)3)8-16-18-14/h4-5,8-10,12,17H,6-7H2,1-3H3,(H,16,18). The second-order valence-electron chi connectivity index (χ2n) is 5.70. The van der Waals surface area contributed by atoms with Crippen molar-refractivity contribution in [1.82, 2.24) is 15.5 Å². The van der Waals surface area contributed by atoms with Crippen LogP contribution in [0.2, 0.25) is 0 Å². The quantitative estimate of drug-likeness (QED) is 0.872. The Morgan fingerprint density at radius 3 is 2.68 bits per heavy atom. The predicted octanol–water partition coefficient (Wildman–Crippen LogP) is 2.78. The summed E-state index contributed by atoms with van der Waals surface area (Å²) < 4.78 is 6.22. The van der Waals surface area contributed by atoms with Gasteiger partial charge in [0, 0.05) is 23.0 Å². The molecule has 1 aromatic heterocycles. The number of piperidine rings is 1. The molecule has 0 bridgehead atoms. The van der Waals surface area contributed by atoms with E-state index in [-0.39, 0.29) is 0 Å². The SMILES string of the molecule is Cc1c(OC2CC(C)NC(C)C2)ccc2[nH]ncc12. The Balaban J connectivity index is 1.82. The van der Waals surface area contributed by atoms with E-state index in [1.54, 1.807) is 0 Å². The lowest BCUT2D eigenvalue weighted by atomic mass is 9.97. The Kier molecular flexibility index (Phi) is 3.19. The number of hydrogen-bond donors (Lipinski definition) is 2. The molecule has 0 amide bonds. The molecule has 2 atom stereocenters. The van der Waals surface area contributed by atoms with Crippen molar-refractivity contribution in [3.63, 3.8) is 0 Å². The van der Waals surface area contributed by atoms with Crippen LogP contribution in [-0.2, 0) is 0 Å². The number of aromatic nitrogens is 2. The van der Waals surface area contributed by atoms with Crippen LogP contribution in [0.1, 0.15) is 32.3 Å². The van der Waals surface area contributed by atoms with E-state index in [0.29, 0.717) is 18.2 Å². The summed E-state index contributed by atoms with van der Waals surface area (Å²) in [7, 11) is 0. The Hall–Kier alpha value is -1.55. The van der Waals surface area contributed by atoms with Crippen LogP contribution in [0.5, 0.6) is 5.75 Å². The number of aromatic amines is 1. The third-order valence-corrected chi connectivity index (χ3v) is 3.94. The largest absolute Gasteiger partial charge is 0.490 e. The summed E-state index contributed by atoms with van der Waals surface area (Å²) >= 11 is 0. The monoisotopic (exact) mass is 259 g/mol. The zero-order chi connectivity index (χ0) is 13.4. The normalized spacial score (nSPS) is 27.6. The highest BCUT2D eigenvalue weighted by molar-refractivity contribution is 5.83. The fourth-order valence-corrected chi connectivity index (χ4v) is 3.05. The minimum atomic E-state index is 0.300. The van der Waals surface area contributed by atoms with Crippen LogP contribution in [0, 0.1) is 6.92 Å². The number of aryl methyl sites for hydroxylation is 1. The summed E-state index contributed by atoms with van der Waals surface area (Å²) in [6.45, 7) is 6.54. The molecule has 2 aromatic rings. The molecule has 3 rings (SSSR count). The molecule has 2 unspecified atom stereocenters. The Morgan fingerprint density at radius 1 is 1.21 bits per heavy atom. The molecule has 1 aliphatic rings. The maximum atomic E-state index is 6.22. The van der Waals surface area contributed by atoms with Crippen molar-refractivity contribution in [2.75, 3.05) is 0 Å². The fourth-order valence-electron chi connectivity index (χ4n) is 3.05. The van der Waals surface area contributed by atoms with Gasteiger partial charge in [-0.05, 0) is 45.7 Å². The molecule has 102 valence electrons. The summed E-state index contributed by atoms with van der Waals surface area (Å²) in [6, 6.07) is 5.13. The molecule has 4 heteroatoms. The molecule has 4 nitrogen and oxygen atoms in total. The molecule has 19 heavy (non-hydrogen) atoms. The third kappa shape index (κ3) is 2.45. The third-order valence-electron chi connectivity index (χ3n) is 3.94. The van der Waals surface area contributed by atoms with Gasteiger partial charge in [0.2, 0.25) is 0 Å². The highest BCUT2D eigenvalue weighted by atomic mass is 16.5. The van der Waals surface area contributed by atoms with Crippen LogP contribution in [0.3, 0.4) is 0 Å². The Morgan fingerprint density at radius 2 is 1.95 bits per heavy atom. The lowest BCUT2D eigenvalue weighted by Gasteiger charge is -2.33. The molecule has 0 spiro atoms. The average Bonchev–Trinajstić information content (AvgIpc) is 2.80. The van der Waals surface area contributed by atoms with E-state index in [1.165, 1.54) is 5.56 Å². The van der Waals surface area contributed by atoms with E-state index in [4.69, 9.17) is 4.74 Å². The number of rotatable bonds is 2. The van der Waals surface area contributed by atoms with Crippen molar-refractivity contribution >= 4 is 10.9 Å². The van der Waals surface area contributed by atoms with Crippen molar-refractivity contribution in [3.8, 4) is 5.75 Å². The van der Waals surface area contributed by atoms with Gasteiger partial charge in [-0.1, -0.05) is 0 Å². The molecular weight excluding hydrogens is 238 g/mol. The molecule has 1 saturated heterocycles. The first-order valence-corrected chi connectivity index (χ1v) is 6.99. The number of fused-ring (bicyclic) bond motifs is 1. The molecule has 1 aromatic carbocycles. The highest BCUT2D eigenvalue weighted by Gasteiger charge is 2.25. The minimum absolute atomic E-state index is 0.300. The van der Waals surface area contributed by atoms with Crippen LogP contribution < -0.4 is 10.1 Å². The maximum absolute atomic E-state index is 6.22. The fraction of sp³-hybridized carbons (Fsp3) is 0.533. The first kappa shape index (κ1) is 12.5. The van der Waals surface area contributed by atoms with E-state index >= 15 is 0 Å². The van der Waals surface area contributed by atoms with Gasteiger partial charge in [-0.2, -0.15) is 5.10 Å². The van der Waals surface area contributed by atoms with Gasteiger partial charge < -0.3 is 10.1 Å². The van der Waals surface area contributed by atoms with E-state index in [0.717, 1.165) is 29.5 Å². The molecule has 0 radical (unpaired) electrons. The topological polar surface area (TPSA) is 49.9 Å². The molecule has 1 aliphatic heterocycles. The van der Waals surface area contributed by atoms with Gasteiger partial charge in [-0.3, -0.25) is 5.10 Å². The molecule has 0 saturated carbocycles. The molecular formula is C15H21N3O. The van der Waals surface area contributed by atoms with Crippen molar-refractivity contribution < 1.29 is 4.74 Å². The zero-order valence-corrected chi connectivity index (χ0v) is 11.7. The van der Waals surface area contributed by atoms with E-state index < -0.39 is 0 Å². The maximum Gasteiger partial charge on any atom is 0.123 e. The first-order chi connectivity index (χ1) is 9.13. The summed E-state index contributed by atoms with van der Waals surface area (Å²) in [6.07, 6.45) is 4.29. The number of ether oxygens (including phenoxy) is 1. The average molecular weight is 259 g/mol. The van der Waals surface area contributed by atoms with Gasteiger partial charge in [0.25, 0.3) is 0 Å². The molecule has 1 fully saturated rings. The number of nitrogens with zero attached hydrogens (tertiary/aromatic N) is 1. The van der Waals surface area contributed by atoms with Gasteiger partial charge in [0.05, 0.1) is 11.7 Å². The van der Waals surface area contributed by atoms with Crippen LogP contribution >= 0.6 is 0 Å². The summed E-state index contributed by atoms with van der Waals surface area (Å²) in [5, 5.41) is 11.8. The number of hydrogen-bond acceptors (Lipinski definition) is 3. The van der Waals surface area contributed by atoms with Crippen LogP contribution in [-0.4, -0.2) is 28.4 Å². The van der Waals surface area contributed by atoms with Crippen molar-refractivity contribution in [1.29, 1.82) is 0 Å². The number of H-pyrrole nitrogens is 1. The van der Waals surface area contributed by atoms with Gasteiger partial charge in [-0.25, -0.2) is 0 Å². The second kappa shape index (κ2) is 4.85. The number of nitrogens with one attached hydrogen (secondary N) is 2. The Labute approximate surface area is 113 Å². The van der Waals surface area contributed by atoms with Crippen molar-refractivity contribution in [3.05, 3.63) is 23.9 Å². The van der Waals surface area contributed by atoms with E-state index in [1.807, 2.05) is 18.3 Å². The summed E-state index contributed by atoms with van der Waals surface area (Å²) in [5.41, 5.74) is 2.24. The van der Waals surface area contributed by atoms with Crippen LogP contribution in [0.15, 0.2) is 18.3 Å². The molecule has 2 N–H and O–H groups in total. The van der Waals surface area contributed by atoms with Crippen LogP contribution in [0.4, 0.5) is 0 Å². The predicted molar refractivity (Wildman–Crippen MR) is 76.5 cm³/mol. The summed E-state index contributed by atoms with van der Waals surface area (Å²) in [4.78, 5) is 0. The number of benzene rings is 1. The Bertz CT molecular complexity index is 568. The molecule has 2 heterocycles. The van der Waals surface area contributed by atoms with Crippen LogP contribution in [0.25, 0.3) is 10.9 Å². The molecule has 0 aliphatic carbocycles. The first-order valence-electron chi connectivity index (χ1n) is 6.99. The van der Waals surface area contributed by atoms with Gasteiger partial charge in [0.1, 0.15) is 11.9 Å². The van der Waals surface area contributed by atoms with Crippen molar-refractivity contribution in [2.24, 2.45) is 0 Å². The lowest BCUT2D eigenvalue weighted by molar-refractivity contribution is 0.123. The second-order valence-corrected chi connectivity index (χ2v) is 5.70. The van der Waals surface area contributed by atoms with E-state index in [2.05, 4.69) is 36.3 Å². The smallest absolute Gasteiger partial charge is 0.123 e. The minimum Gasteiger partial charge on any atom is -0.490 e. The summed E-state index contributed by atoms with van der Waals surface area (Å²) in [5.74, 6) is 0.986. The van der Waals surface area contributed by atoms with Crippen molar-refractivity contribution in [2.45, 2.75) is 51.8 Å². The zero-order valence-electron chi connectivity index (χ0n) is 11.7. The van der Waals surface area contributed by atoms with Gasteiger partial charge >= 0.3 is 0 Å². The van der Waals surface area contributed by atoms with E-state index in [9.17, 15) is 0 Å².